The van der Waals surface area contributed by atoms with Crippen LogP contribution < -0.4 is 0 Å². The maximum absolute atomic E-state index is 14.8. The van der Waals surface area contributed by atoms with Crippen molar-refractivity contribution in [3.8, 4) is 0 Å². The van der Waals surface area contributed by atoms with Gasteiger partial charge in [-0.15, -0.1) is 0 Å². The van der Waals surface area contributed by atoms with Gasteiger partial charge in [0.15, 0.2) is 0 Å². The Morgan fingerprint density at radius 2 is 0.389 bits per heavy atom. The monoisotopic (exact) mass is 1600 g/mol. The summed E-state index contributed by atoms with van der Waals surface area (Å²) >= 11 is 0. The van der Waals surface area contributed by atoms with Crippen LogP contribution in [0, 0.1) is 0 Å². The van der Waals surface area contributed by atoms with Gasteiger partial charge in [0, 0.05) is 26.2 Å². The molecule has 0 aliphatic heterocycles. The number of nitrogens with zero attached hydrogens (tertiary/aromatic N) is 2. The molecule has 0 bridgehead atoms. The summed E-state index contributed by atoms with van der Waals surface area (Å²) in [5, 5.41) is -17.3. The van der Waals surface area contributed by atoms with E-state index in [4.69, 9.17) is 0 Å². The summed E-state index contributed by atoms with van der Waals surface area (Å²) in [6, 6.07) is 0. The summed E-state index contributed by atoms with van der Waals surface area (Å²) in [5.74, 6) is -195. The fraction of sp³-hybridized carbons (Fsp3) is 1.00. The minimum atomic E-state index is -10.1. The molecule has 95 heavy (non-hydrogen) atoms. The molecule has 0 spiro atoms. The highest BCUT2D eigenvalue weighted by Crippen LogP contribution is 2.71. The van der Waals surface area contributed by atoms with Gasteiger partial charge in [-0.3, -0.25) is 9.05 Å². The summed E-state index contributed by atoms with van der Waals surface area (Å²) in [4.78, 5) is 9.56. The smallest absolute Gasteiger partial charge is 0.302 e. The molecule has 0 saturated carbocycles. The average molecular weight is 1600 g/mol. The lowest BCUT2D eigenvalue weighted by atomic mass is 9.85. The fourth-order valence-corrected chi connectivity index (χ4v) is 9.54. The van der Waals surface area contributed by atoms with E-state index in [-0.39, 0.29) is 13.8 Å². The van der Waals surface area contributed by atoms with E-state index in [1.807, 2.05) is 0 Å². The molecule has 0 aliphatic carbocycles. The van der Waals surface area contributed by atoms with Gasteiger partial charge in [-0.05, 0) is 0 Å². The SMILES string of the molecule is CCN(CCOP(=O)(O)OCCN(CC)S(=O)(=O)C(F)(F)C(F)(F)C(F)(F)C(F)(F)C(F)(F)C(F)(F)C(F)(F)C(F)(F)C(F)(F)C(F)(F)C(F)(F)C(F)(F)F)S(=O)(=O)C(F)(F)C(F)(F)C(F)(F)C(F)(F)C(F)(F)C(F)(F)C(F)(F)C(F)(F)C(F)(F)C(F)(F)C(F)(F)C(F)(F)F. The molecule has 0 aliphatic rings. The molecule has 0 radical (unpaired) electrons. The number of likely N-dealkylation sites (N-methyl/N-ethyl adjacent to an activating group) is 2. The van der Waals surface area contributed by atoms with Crippen molar-refractivity contribution < 1.29 is 255 Å². The fourth-order valence-electron chi connectivity index (χ4n) is 5.97. The first kappa shape index (κ1) is 91.4. The van der Waals surface area contributed by atoms with E-state index in [1.54, 1.807) is 0 Å². The van der Waals surface area contributed by atoms with E-state index >= 15 is 0 Å². The zero-order valence-electron chi connectivity index (χ0n) is 42.6. The summed E-state index contributed by atoms with van der Waals surface area (Å²) < 4.78 is 757. The molecular weight excluding hydrogens is 1590 g/mol. The van der Waals surface area contributed by atoms with Crippen LogP contribution in [-0.4, -0.2) is 211 Å². The molecule has 0 amide bonds. The number of sulfonamides is 2. The van der Waals surface area contributed by atoms with Crippen molar-refractivity contribution in [1.82, 2.24) is 8.61 Å². The molecule has 1 N–H and O–H groups in total. The zero-order valence-corrected chi connectivity index (χ0v) is 45.1. The van der Waals surface area contributed by atoms with Crippen molar-refractivity contribution in [2.24, 2.45) is 0 Å². The van der Waals surface area contributed by atoms with Crippen molar-refractivity contribution in [2.45, 2.75) is 155 Å². The van der Waals surface area contributed by atoms with Crippen molar-refractivity contribution in [3.05, 3.63) is 0 Å². The predicted molar refractivity (Wildman–Crippen MR) is 195 cm³/mol. The standard InChI is InChI=1S/C32H19F50N2O8PS2/c1-3-83(94(87,88)31(79,80)27(69,70)23(61,62)19(53,54)15(45,46)11(37,38)9(33,34)13(41,42)17(49,50)21(57,58)25(65,66)29(73,74)75)5-7-91-93(85,86)92-8-6-84(4-2)95(89,90)32(81,82)28(71,72)24(63,64)20(55,56)16(47,48)12(39,40)10(35,36)14(43,44)18(51,52)22(59,60)26(67,68)30(76,77)78/h3-8H2,1-2H3,(H,85,86). The predicted octanol–water partition coefficient (Wildman–Crippen LogP) is 15.4. The van der Waals surface area contributed by atoms with E-state index in [9.17, 15) is 246 Å². The third kappa shape index (κ3) is 12.0. The van der Waals surface area contributed by atoms with Crippen LogP contribution in [0.25, 0.3) is 0 Å². The summed E-state index contributed by atoms with van der Waals surface area (Å²) in [7, 11) is -23.9. The van der Waals surface area contributed by atoms with Crippen LogP contribution in [-0.2, 0) is 33.7 Å². The van der Waals surface area contributed by atoms with Gasteiger partial charge in [0.05, 0.1) is 13.2 Å². The molecule has 63 heteroatoms. The summed E-state index contributed by atoms with van der Waals surface area (Å²) in [6.07, 6.45) is -16.9. The number of hydrogen-bond donors (Lipinski definition) is 1. The van der Waals surface area contributed by atoms with Gasteiger partial charge in [0.1, 0.15) is 0 Å². The molecule has 572 valence electrons. The van der Waals surface area contributed by atoms with Gasteiger partial charge >= 0.3 is 149 Å². The second kappa shape index (κ2) is 24.3. The Morgan fingerprint density at radius 1 is 0.263 bits per heavy atom. The Morgan fingerprint density at radius 3 is 0.516 bits per heavy atom. The number of phosphoric acid groups is 1. The quantitative estimate of drug-likeness (QED) is 0.0498. The van der Waals surface area contributed by atoms with Gasteiger partial charge < -0.3 is 4.89 Å². The maximum atomic E-state index is 14.8. The second-order valence-corrected chi connectivity index (χ2v) is 23.1. The van der Waals surface area contributed by atoms with Gasteiger partial charge in [-0.25, -0.2) is 21.4 Å². The lowest BCUT2D eigenvalue weighted by Crippen LogP contribution is -2.78. The zero-order chi connectivity index (χ0) is 78.3. The number of phosphoric ester groups is 1. The number of rotatable bonds is 34. The molecule has 0 saturated heterocycles. The third-order valence-corrected chi connectivity index (χ3v) is 16.8. The minimum Gasteiger partial charge on any atom is -0.302 e. The highest BCUT2D eigenvalue weighted by molar-refractivity contribution is 7.90. The first-order valence-corrected chi connectivity index (χ1v) is 25.8. The number of halogens is 50. The molecule has 10 nitrogen and oxygen atoms in total. The topological polar surface area (TPSA) is 131 Å². The lowest BCUT2D eigenvalue weighted by molar-refractivity contribution is -0.480. The van der Waals surface area contributed by atoms with E-state index in [0.29, 0.717) is 0 Å². The van der Waals surface area contributed by atoms with Gasteiger partial charge in [-0.2, -0.15) is 228 Å². The second-order valence-electron chi connectivity index (χ2n) is 17.6. The Kier molecular flexibility index (Phi) is 23.4. The average Bonchev–Trinajstić information content (AvgIpc) is 0.688. The van der Waals surface area contributed by atoms with Crippen LogP contribution in [0.3, 0.4) is 0 Å². The van der Waals surface area contributed by atoms with Crippen molar-refractivity contribution in [1.29, 1.82) is 0 Å². The van der Waals surface area contributed by atoms with E-state index in [0.717, 1.165) is 0 Å². The molecule has 0 heterocycles. The molecule has 0 fully saturated rings. The highest BCUT2D eigenvalue weighted by Gasteiger charge is 3.03. The van der Waals surface area contributed by atoms with E-state index in [1.165, 1.54) is 0 Å². The Bertz CT molecular complexity index is 2820. The van der Waals surface area contributed by atoms with Crippen LogP contribution in [0.4, 0.5) is 220 Å². The summed E-state index contributed by atoms with van der Waals surface area (Å²) in [5.41, 5.74) is 0. The largest absolute Gasteiger partial charge is 0.472 e. The van der Waals surface area contributed by atoms with Crippen molar-refractivity contribution in [2.75, 3.05) is 39.4 Å². The normalized spacial score (nSPS) is 17.0. The number of alkyl halides is 50. The molecule has 0 aromatic carbocycles. The van der Waals surface area contributed by atoms with Gasteiger partial charge in [-0.1, -0.05) is 13.8 Å². The molecule has 0 atom stereocenters. The first-order valence-electron chi connectivity index (χ1n) is 21.4. The number of hydrogen-bond acceptors (Lipinski definition) is 7. The van der Waals surface area contributed by atoms with Crippen molar-refractivity contribution >= 4 is 27.9 Å². The van der Waals surface area contributed by atoms with E-state index in [2.05, 4.69) is 9.05 Å². The molecule has 0 aromatic rings. The van der Waals surface area contributed by atoms with Crippen LogP contribution in [0.2, 0.25) is 0 Å². The van der Waals surface area contributed by atoms with Gasteiger partial charge in [0.25, 0.3) is 20.0 Å². The summed E-state index contributed by atoms with van der Waals surface area (Å²) in [6.45, 7) is -15.8. The van der Waals surface area contributed by atoms with Gasteiger partial charge in [0.2, 0.25) is 0 Å². The molecule has 0 aromatic heterocycles. The van der Waals surface area contributed by atoms with Crippen LogP contribution in [0.15, 0.2) is 0 Å². The van der Waals surface area contributed by atoms with Crippen LogP contribution >= 0.6 is 7.82 Å². The lowest BCUT2D eigenvalue weighted by Gasteiger charge is -2.45. The van der Waals surface area contributed by atoms with Crippen LogP contribution in [0.1, 0.15) is 13.8 Å². The third-order valence-electron chi connectivity index (χ3n) is 11.8. The van der Waals surface area contributed by atoms with Crippen molar-refractivity contribution in [3.63, 3.8) is 0 Å². The Labute approximate surface area is 486 Å². The highest BCUT2D eigenvalue weighted by atomic mass is 32.2. The molecule has 0 rings (SSSR count). The molecular formula is C32H19F50N2O8PS2. The Balaban J connectivity index is 7.14. The first-order chi connectivity index (χ1) is 40.3. The molecule has 0 unspecified atom stereocenters. The Hall–Kier alpha value is -3.57. The maximum Gasteiger partial charge on any atom is 0.472 e. The minimum absolute atomic E-state index is 0.163. The van der Waals surface area contributed by atoms with E-state index < -0.39 is 217 Å². The van der Waals surface area contributed by atoms with Crippen LogP contribution in [0.5, 0.6) is 0 Å².